The fourth-order valence-electron chi connectivity index (χ4n) is 2.52. The summed E-state index contributed by atoms with van der Waals surface area (Å²) in [6.45, 7) is -0.255. The van der Waals surface area contributed by atoms with Gasteiger partial charge in [0.15, 0.2) is 16.4 Å². The molecule has 1 aliphatic heterocycles. The third-order valence-electron chi connectivity index (χ3n) is 3.49. The van der Waals surface area contributed by atoms with Crippen LogP contribution in [0.3, 0.4) is 0 Å². The van der Waals surface area contributed by atoms with Crippen LogP contribution >= 0.6 is 23.2 Å². The van der Waals surface area contributed by atoms with Crippen molar-refractivity contribution >= 4 is 38.9 Å². The molecule has 0 spiro atoms. The lowest BCUT2D eigenvalue weighted by Crippen LogP contribution is -2.51. The molecule has 0 aliphatic carbocycles. The van der Waals surface area contributed by atoms with Crippen molar-refractivity contribution in [3.8, 4) is 5.75 Å². The molecule has 2 rings (SSSR count). The molecule has 1 aromatic carbocycles. The Balaban J connectivity index is 2.06. The number of amides is 1. The maximum atomic E-state index is 12.4. The van der Waals surface area contributed by atoms with E-state index in [1.54, 1.807) is 31.2 Å². The van der Waals surface area contributed by atoms with Crippen LogP contribution in [-0.2, 0) is 14.6 Å². The van der Waals surface area contributed by atoms with Crippen LogP contribution in [0.2, 0.25) is 10.0 Å². The molecule has 6 nitrogen and oxygen atoms in total. The van der Waals surface area contributed by atoms with Crippen molar-refractivity contribution in [1.29, 1.82) is 0 Å². The van der Waals surface area contributed by atoms with Crippen molar-refractivity contribution in [2.24, 2.45) is 0 Å². The summed E-state index contributed by atoms with van der Waals surface area (Å²) in [6.07, 6.45) is 0.421. The highest BCUT2D eigenvalue weighted by molar-refractivity contribution is 7.91. The van der Waals surface area contributed by atoms with E-state index >= 15 is 0 Å². The number of nitrogens with zero attached hydrogens (tertiary/aromatic N) is 2. The zero-order chi connectivity index (χ0) is 17.2. The van der Waals surface area contributed by atoms with Gasteiger partial charge >= 0.3 is 0 Å². The smallest absolute Gasteiger partial charge is 0.275 e. The third kappa shape index (κ3) is 4.73. The topological polar surface area (TPSA) is 66.9 Å². The first-order chi connectivity index (χ1) is 10.7. The zero-order valence-electron chi connectivity index (χ0n) is 12.8. The van der Waals surface area contributed by atoms with Crippen LogP contribution in [0.15, 0.2) is 18.2 Å². The molecule has 0 unspecified atom stereocenters. The first-order valence-corrected chi connectivity index (χ1v) is 9.55. The highest BCUT2D eigenvalue weighted by Gasteiger charge is 2.36. The number of rotatable bonds is 5. The maximum Gasteiger partial charge on any atom is 0.275 e. The standard InChI is InChI=1S/C14H18Cl2N2O4S/c1-17(2)18(11-5-6-23(20,21)9-11)14(19)8-22-13-7-10(15)3-4-12(13)16/h3-4,7,11H,5-6,8-9H2,1-2H3/t11-/m1/s1. The summed E-state index contributed by atoms with van der Waals surface area (Å²) in [6, 6.07) is 4.35. The Morgan fingerprint density at radius 1 is 1.35 bits per heavy atom. The van der Waals surface area contributed by atoms with Gasteiger partial charge in [0, 0.05) is 25.2 Å². The van der Waals surface area contributed by atoms with Gasteiger partial charge in [0.1, 0.15) is 5.75 Å². The number of benzene rings is 1. The van der Waals surface area contributed by atoms with Gasteiger partial charge < -0.3 is 4.74 Å². The van der Waals surface area contributed by atoms with E-state index < -0.39 is 9.84 Å². The van der Waals surface area contributed by atoms with Gasteiger partial charge in [-0.05, 0) is 18.6 Å². The highest BCUT2D eigenvalue weighted by Crippen LogP contribution is 2.28. The molecule has 9 heteroatoms. The van der Waals surface area contributed by atoms with Gasteiger partial charge in [-0.2, -0.15) is 0 Å². The van der Waals surface area contributed by atoms with Gasteiger partial charge in [0.05, 0.1) is 22.6 Å². The minimum absolute atomic E-state index is 0.0329. The molecule has 0 saturated carbocycles. The van der Waals surface area contributed by atoms with Crippen LogP contribution in [-0.4, -0.2) is 62.6 Å². The van der Waals surface area contributed by atoms with Gasteiger partial charge in [0.2, 0.25) is 0 Å². The molecule has 128 valence electrons. The van der Waals surface area contributed by atoms with Crippen molar-refractivity contribution < 1.29 is 17.9 Å². The second kappa shape index (κ2) is 7.25. The van der Waals surface area contributed by atoms with Gasteiger partial charge in [-0.25, -0.2) is 13.4 Å². The summed E-state index contributed by atoms with van der Waals surface area (Å²) >= 11 is 11.9. The number of hydrogen-bond donors (Lipinski definition) is 0. The highest BCUT2D eigenvalue weighted by atomic mass is 35.5. The summed E-state index contributed by atoms with van der Waals surface area (Å²) in [4.78, 5) is 12.4. The molecule has 0 bridgehead atoms. The Labute approximate surface area is 145 Å². The number of halogens is 2. The molecular weight excluding hydrogens is 363 g/mol. The number of ether oxygens (including phenoxy) is 1. The molecule has 23 heavy (non-hydrogen) atoms. The van der Waals surface area contributed by atoms with E-state index in [2.05, 4.69) is 0 Å². The average Bonchev–Trinajstić information content (AvgIpc) is 2.79. The SMILES string of the molecule is CN(C)N(C(=O)COc1cc(Cl)ccc1Cl)[C@@H]1CCS(=O)(=O)C1. The van der Waals surface area contributed by atoms with Crippen molar-refractivity contribution in [1.82, 2.24) is 10.0 Å². The molecule has 1 aliphatic rings. The number of carbonyl (C=O) groups is 1. The van der Waals surface area contributed by atoms with Crippen LogP contribution in [0.4, 0.5) is 0 Å². The first kappa shape index (κ1) is 18.3. The van der Waals surface area contributed by atoms with Crippen molar-refractivity contribution in [2.75, 3.05) is 32.2 Å². The molecule has 0 radical (unpaired) electrons. The Kier molecular flexibility index (Phi) is 5.78. The lowest BCUT2D eigenvalue weighted by Gasteiger charge is -2.33. The summed E-state index contributed by atoms with van der Waals surface area (Å²) in [5.74, 6) is 0.0314. The summed E-state index contributed by atoms with van der Waals surface area (Å²) in [5, 5.41) is 3.80. The van der Waals surface area contributed by atoms with E-state index in [0.29, 0.717) is 22.2 Å². The Hall–Kier alpha value is -1.02. The Bertz CT molecular complexity index is 694. The minimum Gasteiger partial charge on any atom is -0.482 e. The van der Waals surface area contributed by atoms with E-state index in [9.17, 15) is 13.2 Å². The van der Waals surface area contributed by atoms with Gasteiger partial charge in [-0.15, -0.1) is 0 Å². The zero-order valence-corrected chi connectivity index (χ0v) is 15.2. The molecular formula is C14H18Cl2N2O4S. The Morgan fingerprint density at radius 3 is 2.61 bits per heavy atom. The van der Waals surface area contributed by atoms with E-state index in [1.165, 1.54) is 11.1 Å². The summed E-state index contributed by atoms with van der Waals surface area (Å²) in [7, 11) is 0.292. The lowest BCUT2D eigenvalue weighted by molar-refractivity contribution is -0.151. The molecule has 1 aromatic rings. The van der Waals surface area contributed by atoms with Crippen LogP contribution in [0.25, 0.3) is 0 Å². The van der Waals surface area contributed by atoms with E-state index in [4.69, 9.17) is 27.9 Å². The normalized spacial score (nSPS) is 19.8. The van der Waals surface area contributed by atoms with Gasteiger partial charge in [-0.1, -0.05) is 23.2 Å². The quantitative estimate of drug-likeness (QED) is 0.729. The molecule has 1 heterocycles. The van der Waals surface area contributed by atoms with E-state index in [1.807, 2.05) is 0 Å². The van der Waals surface area contributed by atoms with E-state index in [-0.39, 0.29) is 30.1 Å². The molecule has 0 N–H and O–H groups in total. The number of carbonyl (C=O) groups excluding carboxylic acids is 1. The summed E-state index contributed by atoms with van der Waals surface area (Å²) in [5.41, 5.74) is 0. The average molecular weight is 381 g/mol. The second-order valence-corrected chi connectivity index (χ2v) is 8.58. The number of sulfone groups is 1. The van der Waals surface area contributed by atoms with Gasteiger partial charge in [-0.3, -0.25) is 9.80 Å². The van der Waals surface area contributed by atoms with Crippen LogP contribution in [0, 0.1) is 0 Å². The Morgan fingerprint density at radius 2 is 2.04 bits per heavy atom. The number of hydrogen-bond acceptors (Lipinski definition) is 5. The van der Waals surface area contributed by atoms with Crippen LogP contribution in [0.5, 0.6) is 5.75 Å². The molecule has 0 aromatic heterocycles. The monoisotopic (exact) mass is 380 g/mol. The predicted molar refractivity (Wildman–Crippen MR) is 89.5 cm³/mol. The van der Waals surface area contributed by atoms with Crippen molar-refractivity contribution in [3.05, 3.63) is 28.2 Å². The van der Waals surface area contributed by atoms with Crippen LogP contribution < -0.4 is 4.74 Å². The van der Waals surface area contributed by atoms with Crippen molar-refractivity contribution in [3.63, 3.8) is 0 Å². The maximum absolute atomic E-state index is 12.4. The third-order valence-corrected chi connectivity index (χ3v) is 5.78. The van der Waals surface area contributed by atoms with E-state index in [0.717, 1.165) is 0 Å². The van der Waals surface area contributed by atoms with Crippen LogP contribution in [0.1, 0.15) is 6.42 Å². The fraction of sp³-hybridized carbons (Fsp3) is 0.500. The largest absolute Gasteiger partial charge is 0.482 e. The first-order valence-electron chi connectivity index (χ1n) is 6.97. The second-order valence-electron chi connectivity index (χ2n) is 5.51. The number of hydrazine groups is 1. The van der Waals surface area contributed by atoms with Crippen molar-refractivity contribution in [2.45, 2.75) is 12.5 Å². The molecule has 1 atom stereocenters. The molecule has 1 saturated heterocycles. The lowest BCUT2D eigenvalue weighted by atomic mass is 10.2. The van der Waals surface area contributed by atoms with Gasteiger partial charge in [0.25, 0.3) is 5.91 Å². The summed E-state index contributed by atoms with van der Waals surface area (Å²) < 4.78 is 28.7. The molecule has 1 amide bonds. The predicted octanol–water partition coefficient (Wildman–Crippen LogP) is 1.86. The minimum atomic E-state index is -3.09. The molecule has 1 fully saturated rings. The fourth-order valence-corrected chi connectivity index (χ4v) is 4.54.